The molecule has 0 aromatic heterocycles. The van der Waals surface area contributed by atoms with Crippen LogP contribution in [0.4, 0.5) is 5.69 Å². The number of hydrogen-bond donors (Lipinski definition) is 8. The summed E-state index contributed by atoms with van der Waals surface area (Å²) in [6, 6.07) is 6.36. The van der Waals surface area contributed by atoms with Crippen LogP contribution < -0.4 is 5.73 Å². The molecule has 0 radical (unpaired) electrons. The van der Waals surface area contributed by atoms with E-state index in [-0.39, 0.29) is 5.56 Å². The van der Waals surface area contributed by atoms with Gasteiger partial charge >= 0.3 is 21.6 Å². The SMILES string of the molecule is Nc1ccccc1C(=O)O.O=P(O)(O)O.O=P(O)(O)O. The smallest absolute Gasteiger partial charge is 0.466 e. The van der Waals surface area contributed by atoms with Crippen LogP contribution in [0.5, 0.6) is 0 Å². The largest absolute Gasteiger partial charge is 0.478 e. The van der Waals surface area contributed by atoms with Gasteiger partial charge in [-0.25, -0.2) is 13.9 Å². The van der Waals surface area contributed by atoms with E-state index in [1.165, 1.54) is 6.07 Å². The summed E-state index contributed by atoms with van der Waals surface area (Å²) in [5, 5.41) is 8.49. The summed E-state index contributed by atoms with van der Waals surface area (Å²) in [5.74, 6) is -0.988. The van der Waals surface area contributed by atoms with Gasteiger partial charge in [0.1, 0.15) is 0 Å². The van der Waals surface area contributed by atoms with Crippen LogP contribution in [-0.2, 0) is 9.13 Å². The molecule has 0 saturated carbocycles. The van der Waals surface area contributed by atoms with Crippen LogP contribution >= 0.6 is 15.6 Å². The van der Waals surface area contributed by atoms with Gasteiger partial charge in [0, 0.05) is 5.69 Å². The van der Waals surface area contributed by atoms with Crippen molar-refractivity contribution in [2.45, 2.75) is 0 Å². The molecule has 20 heavy (non-hydrogen) atoms. The average Bonchev–Trinajstić information content (AvgIpc) is 2.12. The molecule has 0 spiro atoms. The maximum Gasteiger partial charge on any atom is 0.466 e. The van der Waals surface area contributed by atoms with Crippen LogP contribution in [0.15, 0.2) is 24.3 Å². The van der Waals surface area contributed by atoms with Crippen molar-refractivity contribution in [2.24, 2.45) is 0 Å². The summed E-state index contributed by atoms with van der Waals surface area (Å²) >= 11 is 0. The first-order valence-corrected chi connectivity index (χ1v) is 7.49. The van der Waals surface area contributed by atoms with Gasteiger partial charge < -0.3 is 40.2 Å². The summed E-state index contributed by atoms with van der Waals surface area (Å²) in [7, 11) is -9.28. The quantitative estimate of drug-likeness (QED) is 0.232. The molecule has 0 amide bonds. The molecule has 0 bridgehead atoms. The third-order valence-corrected chi connectivity index (χ3v) is 1.19. The molecule has 0 aliphatic rings. The van der Waals surface area contributed by atoms with E-state index in [1.807, 2.05) is 0 Å². The van der Waals surface area contributed by atoms with Crippen molar-refractivity contribution in [3.05, 3.63) is 29.8 Å². The van der Waals surface area contributed by atoms with Crippen molar-refractivity contribution in [2.75, 3.05) is 5.73 Å². The van der Waals surface area contributed by atoms with Crippen molar-refractivity contribution in [1.82, 2.24) is 0 Å². The molecule has 11 nitrogen and oxygen atoms in total. The Morgan fingerprint density at radius 3 is 1.40 bits per heavy atom. The predicted molar refractivity (Wildman–Crippen MR) is 66.3 cm³/mol. The number of aromatic carboxylic acids is 1. The maximum atomic E-state index is 10.3. The van der Waals surface area contributed by atoms with Crippen LogP contribution in [0.2, 0.25) is 0 Å². The Labute approximate surface area is 112 Å². The van der Waals surface area contributed by atoms with Crippen molar-refractivity contribution in [3.8, 4) is 0 Å². The van der Waals surface area contributed by atoms with Gasteiger partial charge in [0.05, 0.1) is 5.56 Å². The van der Waals surface area contributed by atoms with Crippen LogP contribution in [0.25, 0.3) is 0 Å². The molecule has 0 atom stereocenters. The minimum absolute atomic E-state index is 0.155. The van der Waals surface area contributed by atoms with Crippen LogP contribution in [0, 0.1) is 0 Å². The highest BCUT2D eigenvalue weighted by molar-refractivity contribution is 7.45. The molecular weight excluding hydrogens is 320 g/mol. The van der Waals surface area contributed by atoms with E-state index >= 15 is 0 Å². The first kappa shape index (κ1) is 21.0. The summed E-state index contributed by atoms with van der Waals surface area (Å²) in [6.07, 6.45) is 0. The van der Waals surface area contributed by atoms with Crippen molar-refractivity contribution in [3.63, 3.8) is 0 Å². The summed E-state index contributed by atoms with van der Waals surface area (Å²) in [5.41, 5.74) is 5.80. The van der Waals surface area contributed by atoms with Gasteiger partial charge in [0.25, 0.3) is 0 Å². The lowest BCUT2D eigenvalue weighted by Crippen LogP contribution is -2.00. The number of nitrogen functional groups attached to an aromatic ring is 1. The molecule has 0 fully saturated rings. The lowest BCUT2D eigenvalue weighted by Gasteiger charge is -1.96. The Kier molecular flexibility index (Phi) is 9.24. The predicted octanol–water partition coefficient (Wildman–Crippen LogP) is -0.890. The summed E-state index contributed by atoms with van der Waals surface area (Å²) in [4.78, 5) is 53.5. The van der Waals surface area contributed by atoms with Gasteiger partial charge in [-0.3, -0.25) is 0 Å². The molecule has 1 rings (SSSR count). The van der Waals surface area contributed by atoms with Crippen molar-refractivity contribution in [1.29, 1.82) is 0 Å². The number of carboxylic acids is 1. The van der Waals surface area contributed by atoms with Crippen molar-refractivity contribution >= 4 is 27.3 Å². The second-order valence-corrected chi connectivity index (χ2v) is 4.97. The fourth-order valence-electron chi connectivity index (χ4n) is 0.692. The molecule has 116 valence electrons. The molecule has 0 aliphatic heterocycles. The highest BCUT2D eigenvalue weighted by Gasteiger charge is 2.04. The Balaban J connectivity index is 0. The average molecular weight is 333 g/mol. The topological polar surface area (TPSA) is 219 Å². The summed E-state index contributed by atoms with van der Waals surface area (Å²) in [6.45, 7) is 0. The Hall–Kier alpha value is -1.29. The van der Waals surface area contributed by atoms with Gasteiger partial charge in [-0.1, -0.05) is 12.1 Å². The number of anilines is 1. The minimum Gasteiger partial charge on any atom is -0.478 e. The number of carboxylic acid groups (broad SMARTS) is 1. The Morgan fingerprint density at radius 1 is 0.900 bits per heavy atom. The number of carbonyl (C=O) groups is 1. The minimum atomic E-state index is -4.64. The van der Waals surface area contributed by atoms with E-state index in [0.29, 0.717) is 5.69 Å². The third kappa shape index (κ3) is 21.9. The van der Waals surface area contributed by atoms with E-state index in [9.17, 15) is 4.79 Å². The highest BCUT2D eigenvalue weighted by atomic mass is 31.2. The third-order valence-electron chi connectivity index (χ3n) is 1.19. The zero-order valence-electron chi connectivity index (χ0n) is 9.64. The van der Waals surface area contributed by atoms with Gasteiger partial charge in [-0.05, 0) is 12.1 Å². The van der Waals surface area contributed by atoms with Gasteiger partial charge in [-0.2, -0.15) is 0 Å². The van der Waals surface area contributed by atoms with E-state index in [2.05, 4.69) is 0 Å². The number of hydrogen-bond acceptors (Lipinski definition) is 4. The molecule has 0 heterocycles. The Morgan fingerprint density at radius 2 is 1.20 bits per heavy atom. The normalized spacial score (nSPS) is 10.5. The van der Waals surface area contributed by atoms with E-state index in [0.717, 1.165) is 0 Å². The van der Waals surface area contributed by atoms with Gasteiger partial charge in [0.15, 0.2) is 0 Å². The van der Waals surface area contributed by atoms with Crippen LogP contribution in [-0.4, -0.2) is 40.4 Å². The van der Waals surface area contributed by atoms with Crippen LogP contribution in [0.1, 0.15) is 10.4 Å². The molecule has 1 aromatic rings. The number of nitrogens with two attached hydrogens (primary N) is 1. The number of rotatable bonds is 1. The number of para-hydroxylation sites is 1. The Bertz CT molecular complexity index is 484. The molecule has 1 aromatic carbocycles. The first-order chi connectivity index (χ1) is 8.72. The summed E-state index contributed by atoms with van der Waals surface area (Å²) < 4.78 is 17.8. The molecular formula is C7H13NO10P2. The van der Waals surface area contributed by atoms with Gasteiger partial charge in [0.2, 0.25) is 0 Å². The maximum absolute atomic E-state index is 10.3. The zero-order valence-corrected chi connectivity index (χ0v) is 11.4. The van der Waals surface area contributed by atoms with Crippen LogP contribution in [0.3, 0.4) is 0 Å². The van der Waals surface area contributed by atoms with Gasteiger partial charge in [-0.15, -0.1) is 0 Å². The molecule has 0 unspecified atom stereocenters. The zero-order chi connectivity index (χ0) is 16.6. The first-order valence-electron chi connectivity index (χ1n) is 4.36. The highest BCUT2D eigenvalue weighted by Crippen LogP contribution is 2.26. The molecule has 0 saturated heterocycles. The molecule has 13 heteroatoms. The number of benzene rings is 1. The standard InChI is InChI=1S/C7H7NO2.2H3O4P/c8-6-4-2-1-3-5(6)7(9)10;2*1-5(2,3)4/h1-4H,8H2,(H,9,10);2*(H3,1,2,3,4). The number of phosphoric acid groups is 2. The second-order valence-electron chi connectivity index (χ2n) is 2.92. The fourth-order valence-corrected chi connectivity index (χ4v) is 0.692. The lowest BCUT2D eigenvalue weighted by molar-refractivity contribution is 0.0698. The molecule has 9 N–H and O–H groups in total. The van der Waals surface area contributed by atoms with E-state index in [4.69, 9.17) is 49.3 Å². The second kappa shape index (κ2) is 8.80. The van der Waals surface area contributed by atoms with E-state index < -0.39 is 21.6 Å². The lowest BCUT2D eigenvalue weighted by atomic mass is 10.2. The molecule has 0 aliphatic carbocycles. The van der Waals surface area contributed by atoms with Crippen molar-refractivity contribution < 1.29 is 48.4 Å². The fraction of sp³-hybridized carbons (Fsp3) is 0. The monoisotopic (exact) mass is 333 g/mol. The van der Waals surface area contributed by atoms with E-state index in [1.54, 1.807) is 18.2 Å².